The highest BCUT2D eigenvalue weighted by atomic mass is 32.2. The number of sulfonamides is 1. The molecule has 0 spiro atoms. The van der Waals surface area contributed by atoms with Crippen molar-refractivity contribution >= 4 is 10.0 Å². The van der Waals surface area contributed by atoms with E-state index in [1.165, 1.54) is 12.0 Å². The van der Waals surface area contributed by atoms with E-state index < -0.39 is 16.1 Å². The van der Waals surface area contributed by atoms with Gasteiger partial charge in [-0.25, -0.2) is 13.1 Å². The summed E-state index contributed by atoms with van der Waals surface area (Å²) in [5.41, 5.74) is 3.11. The fourth-order valence-electron chi connectivity index (χ4n) is 3.43. The maximum Gasteiger partial charge on any atom is 0.240 e. The lowest BCUT2D eigenvalue weighted by molar-refractivity contribution is 0.167. The van der Waals surface area contributed by atoms with Crippen molar-refractivity contribution < 1.29 is 17.9 Å². The number of hydrogen-bond donors (Lipinski definition) is 2. The molecule has 1 heterocycles. The Morgan fingerprint density at radius 2 is 1.88 bits per heavy atom. The van der Waals surface area contributed by atoms with Crippen molar-refractivity contribution in [3.05, 3.63) is 52.5 Å². The molecule has 0 aliphatic heterocycles. The lowest BCUT2D eigenvalue weighted by Crippen LogP contribution is -2.26. The van der Waals surface area contributed by atoms with Gasteiger partial charge in [-0.1, -0.05) is 6.07 Å². The van der Waals surface area contributed by atoms with Crippen LogP contribution in [-0.4, -0.2) is 20.1 Å². The highest BCUT2D eigenvalue weighted by Gasteiger charge is 2.19. The maximum absolute atomic E-state index is 12.5. The minimum atomic E-state index is -3.56. The molecule has 2 aromatic rings. The number of benzene rings is 1. The molecule has 0 radical (unpaired) electrons. The van der Waals surface area contributed by atoms with Crippen molar-refractivity contribution in [2.75, 3.05) is 6.54 Å². The molecule has 1 aliphatic carbocycles. The lowest BCUT2D eigenvalue weighted by Gasteiger charge is -2.17. The molecule has 0 bridgehead atoms. The molecule has 1 aromatic carbocycles. The fraction of sp³-hybridized carbons (Fsp3) is 0.474. The van der Waals surface area contributed by atoms with Crippen LogP contribution in [0.1, 0.15) is 53.6 Å². The van der Waals surface area contributed by atoms with Gasteiger partial charge in [-0.3, -0.25) is 0 Å². The second kappa shape index (κ2) is 7.32. The number of nitrogens with one attached hydrogen (secondary N) is 1. The van der Waals surface area contributed by atoms with Gasteiger partial charge in [0.15, 0.2) is 0 Å². The van der Waals surface area contributed by atoms with Crippen molar-refractivity contribution in [3.8, 4) is 0 Å². The lowest BCUT2D eigenvalue weighted by atomic mass is 9.92. The van der Waals surface area contributed by atoms with Crippen LogP contribution in [0.25, 0.3) is 0 Å². The number of rotatable bonds is 6. The van der Waals surface area contributed by atoms with Crippen molar-refractivity contribution in [1.29, 1.82) is 0 Å². The summed E-state index contributed by atoms with van der Waals surface area (Å²) >= 11 is 0. The van der Waals surface area contributed by atoms with Crippen LogP contribution in [0, 0.1) is 13.8 Å². The van der Waals surface area contributed by atoms with E-state index in [1.807, 2.05) is 13.0 Å². The molecular weight excluding hydrogens is 338 g/mol. The summed E-state index contributed by atoms with van der Waals surface area (Å²) in [6.45, 7) is 3.79. The van der Waals surface area contributed by atoms with Gasteiger partial charge in [0, 0.05) is 12.1 Å². The van der Waals surface area contributed by atoms with E-state index in [0.29, 0.717) is 22.6 Å². The zero-order valence-electron chi connectivity index (χ0n) is 14.7. The molecule has 0 saturated heterocycles. The fourth-order valence-corrected chi connectivity index (χ4v) is 4.52. The predicted octanol–water partition coefficient (Wildman–Crippen LogP) is 3.18. The Hall–Kier alpha value is -1.63. The van der Waals surface area contributed by atoms with Gasteiger partial charge >= 0.3 is 0 Å². The molecular formula is C19H25NO4S. The van der Waals surface area contributed by atoms with Crippen LogP contribution in [0.2, 0.25) is 0 Å². The summed E-state index contributed by atoms with van der Waals surface area (Å²) in [6, 6.07) is 7.18. The third-order valence-corrected chi connectivity index (χ3v) is 6.24. The Kier molecular flexibility index (Phi) is 5.32. The van der Waals surface area contributed by atoms with E-state index in [0.717, 1.165) is 30.6 Å². The first-order valence-corrected chi connectivity index (χ1v) is 10.2. The van der Waals surface area contributed by atoms with Gasteiger partial charge in [-0.2, -0.15) is 0 Å². The topological polar surface area (TPSA) is 79.5 Å². The smallest absolute Gasteiger partial charge is 0.240 e. The molecule has 1 unspecified atom stereocenters. The van der Waals surface area contributed by atoms with E-state index in [-0.39, 0.29) is 6.54 Å². The molecule has 2 N–H and O–H groups in total. The summed E-state index contributed by atoms with van der Waals surface area (Å²) in [4.78, 5) is 0.304. The molecule has 3 rings (SSSR count). The molecule has 136 valence electrons. The van der Waals surface area contributed by atoms with Gasteiger partial charge < -0.3 is 9.52 Å². The highest BCUT2D eigenvalue weighted by molar-refractivity contribution is 7.89. The van der Waals surface area contributed by atoms with Crippen molar-refractivity contribution in [1.82, 2.24) is 4.72 Å². The van der Waals surface area contributed by atoms with Crippen LogP contribution in [0.3, 0.4) is 0 Å². The van der Waals surface area contributed by atoms with Crippen LogP contribution in [-0.2, 0) is 22.9 Å². The molecule has 0 fully saturated rings. The third-order valence-electron chi connectivity index (χ3n) is 4.78. The first-order chi connectivity index (χ1) is 11.9. The Labute approximate surface area is 149 Å². The van der Waals surface area contributed by atoms with E-state index in [1.54, 1.807) is 25.1 Å². The summed E-state index contributed by atoms with van der Waals surface area (Å²) in [5.74, 6) is 1.41. The summed E-state index contributed by atoms with van der Waals surface area (Å²) in [5, 5.41) is 10.2. The van der Waals surface area contributed by atoms with Gasteiger partial charge in [-0.05, 0) is 75.3 Å². The van der Waals surface area contributed by atoms with E-state index in [9.17, 15) is 13.5 Å². The molecule has 0 amide bonds. The van der Waals surface area contributed by atoms with Crippen LogP contribution < -0.4 is 4.72 Å². The number of furan rings is 1. The van der Waals surface area contributed by atoms with Gasteiger partial charge in [0.05, 0.1) is 11.0 Å². The quantitative estimate of drug-likeness (QED) is 0.826. The van der Waals surface area contributed by atoms with E-state index in [2.05, 4.69) is 4.72 Å². The van der Waals surface area contributed by atoms with Crippen molar-refractivity contribution in [3.63, 3.8) is 0 Å². The summed E-state index contributed by atoms with van der Waals surface area (Å²) in [6.07, 6.45) is 3.80. The molecule has 1 aliphatic rings. The standard InChI is InChI=1S/C19H25NO4S/c1-13-11-18(14(2)24-13)19(21)9-10-20-25(22,23)17-8-7-15-5-3-4-6-16(15)12-17/h7-8,11-12,19-21H,3-6,9-10H2,1-2H3. The SMILES string of the molecule is Cc1cc(C(O)CCNS(=O)(=O)c2ccc3c(c2)CCCC3)c(C)o1. The first kappa shape index (κ1) is 18.2. The Morgan fingerprint density at radius 1 is 1.16 bits per heavy atom. The average Bonchev–Trinajstić information content (AvgIpc) is 2.92. The minimum absolute atomic E-state index is 0.171. The average molecular weight is 363 g/mol. The molecule has 1 aromatic heterocycles. The van der Waals surface area contributed by atoms with E-state index in [4.69, 9.17) is 4.42 Å². The Morgan fingerprint density at radius 3 is 2.56 bits per heavy atom. The van der Waals surface area contributed by atoms with E-state index >= 15 is 0 Å². The second-order valence-electron chi connectivity index (χ2n) is 6.71. The summed E-state index contributed by atoms with van der Waals surface area (Å²) < 4.78 is 33.0. The summed E-state index contributed by atoms with van der Waals surface area (Å²) in [7, 11) is -3.56. The Bertz CT molecular complexity index is 854. The number of fused-ring (bicyclic) bond motifs is 1. The van der Waals surface area contributed by atoms with Crippen LogP contribution in [0.5, 0.6) is 0 Å². The maximum atomic E-state index is 12.5. The van der Waals surface area contributed by atoms with Crippen LogP contribution in [0.4, 0.5) is 0 Å². The predicted molar refractivity (Wildman–Crippen MR) is 96.0 cm³/mol. The van der Waals surface area contributed by atoms with Gasteiger partial charge in [0.25, 0.3) is 0 Å². The zero-order chi connectivity index (χ0) is 18.0. The van der Waals surface area contributed by atoms with Crippen molar-refractivity contribution in [2.24, 2.45) is 0 Å². The van der Waals surface area contributed by atoms with Gasteiger partial charge in [0.1, 0.15) is 11.5 Å². The molecule has 0 saturated carbocycles. The molecule has 5 nitrogen and oxygen atoms in total. The highest BCUT2D eigenvalue weighted by Crippen LogP contribution is 2.25. The minimum Gasteiger partial charge on any atom is -0.466 e. The van der Waals surface area contributed by atoms with Gasteiger partial charge in [0.2, 0.25) is 10.0 Å². The number of aryl methyl sites for hydroxylation is 4. The second-order valence-corrected chi connectivity index (χ2v) is 8.48. The molecule has 6 heteroatoms. The van der Waals surface area contributed by atoms with Crippen LogP contribution >= 0.6 is 0 Å². The normalized spacial score (nSPS) is 15.8. The molecule has 25 heavy (non-hydrogen) atoms. The number of hydrogen-bond acceptors (Lipinski definition) is 4. The zero-order valence-corrected chi connectivity index (χ0v) is 15.5. The van der Waals surface area contributed by atoms with Crippen LogP contribution in [0.15, 0.2) is 33.6 Å². The number of aliphatic hydroxyl groups excluding tert-OH is 1. The third kappa shape index (κ3) is 4.14. The first-order valence-electron chi connectivity index (χ1n) is 8.73. The molecule has 1 atom stereocenters. The monoisotopic (exact) mass is 363 g/mol. The number of aliphatic hydroxyl groups is 1. The van der Waals surface area contributed by atoms with Crippen molar-refractivity contribution in [2.45, 2.75) is 57.0 Å². The Balaban J connectivity index is 1.63. The van der Waals surface area contributed by atoms with Gasteiger partial charge in [-0.15, -0.1) is 0 Å². The largest absolute Gasteiger partial charge is 0.466 e.